The molecule has 108 valence electrons. The minimum absolute atomic E-state index is 0.178. The van der Waals surface area contributed by atoms with Crippen molar-refractivity contribution in [2.75, 3.05) is 31.1 Å². The lowest BCUT2D eigenvalue weighted by atomic mass is 10.2. The molecule has 1 saturated heterocycles. The van der Waals surface area contributed by atoms with Gasteiger partial charge < -0.3 is 5.73 Å². The summed E-state index contributed by atoms with van der Waals surface area (Å²) in [5.74, 6) is 6.23. The largest absolute Gasteiger partial charge is 0.320 e. The monoisotopic (exact) mass is 312 g/mol. The van der Waals surface area contributed by atoms with Gasteiger partial charge in [0.1, 0.15) is 0 Å². The van der Waals surface area contributed by atoms with Crippen LogP contribution < -0.4 is 5.73 Å². The smallest absolute Gasteiger partial charge is 0.244 e. The van der Waals surface area contributed by atoms with E-state index < -0.39 is 20.8 Å². The summed E-state index contributed by atoms with van der Waals surface area (Å²) in [7, 11) is -4.50. The molecule has 1 aliphatic rings. The fraction of sp³-hybridized carbons (Fsp3) is 0.385. The van der Waals surface area contributed by atoms with E-state index in [-0.39, 0.29) is 24.5 Å². The van der Waals surface area contributed by atoms with Crippen molar-refractivity contribution >= 4 is 20.8 Å². The van der Waals surface area contributed by atoms with Crippen molar-refractivity contribution < 1.29 is 12.6 Å². The summed E-state index contributed by atoms with van der Waals surface area (Å²) in [6.45, 7) is 0.748. The summed E-state index contributed by atoms with van der Waals surface area (Å²) < 4.78 is 37.9. The highest BCUT2D eigenvalue weighted by Gasteiger charge is 2.29. The van der Waals surface area contributed by atoms with Crippen LogP contribution >= 0.6 is 0 Å². The van der Waals surface area contributed by atoms with Crippen LogP contribution in [0.1, 0.15) is 5.56 Å². The van der Waals surface area contributed by atoms with Crippen LogP contribution in [0.25, 0.3) is 0 Å². The lowest BCUT2D eigenvalue weighted by Gasteiger charge is -2.26. The van der Waals surface area contributed by atoms with E-state index in [0.717, 1.165) is 0 Å². The molecule has 0 radical (unpaired) electrons. The highest BCUT2D eigenvalue weighted by atomic mass is 32.2. The van der Waals surface area contributed by atoms with Crippen molar-refractivity contribution in [3.8, 4) is 11.8 Å². The lowest BCUT2D eigenvalue weighted by Crippen LogP contribution is -2.41. The highest BCUT2D eigenvalue weighted by molar-refractivity contribution is 7.89. The van der Waals surface area contributed by atoms with Crippen LogP contribution in [0.3, 0.4) is 0 Å². The maximum absolute atomic E-state index is 12.6. The first-order valence-electron chi connectivity index (χ1n) is 6.19. The van der Waals surface area contributed by atoms with Gasteiger partial charge in [0, 0.05) is 41.0 Å². The second-order valence-corrected chi connectivity index (χ2v) is 7.86. The van der Waals surface area contributed by atoms with Crippen molar-refractivity contribution in [2.45, 2.75) is 4.90 Å². The van der Waals surface area contributed by atoms with Crippen molar-refractivity contribution in [3.05, 3.63) is 29.8 Å². The molecule has 7 heteroatoms. The number of sulfonamides is 1. The molecule has 0 bridgehead atoms. The van der Waals surface area contributed by atoms with Gasteiger partial charge in [-0.25, -0.2) is 8.42 Å². The molecule has 0 unspecified atom stereocenters. The minimum Gasteiger partial charge on any atom is -0.320 e. The Morgan fingerprint density at radius 1 is 1.25 bits per heavy atom. The van der Waals surface area contributed by atoms with E-state index >= 15 is 0 Å². The van der Waals surface area contributed by atoms with Crippen LogP contribution in [-0.2, 0) is 20.8 Å². The Balaban J connectivity index is 2.37. The third-order valence-corrected chi connectivity index (χ3v) is 6.20. The predicted octanol–water partition coefficient (Wildman–Crippen LogP) is -0.250. The van der Waals surface area contributed by atoms with Gasteiger partial charge in [-0.15, -0.1) is 0 Å². The van der Waals surface area contributed by atoms with Crippen LogP contribution in [0.2, 0.25) is 0 Å². The number of nitrogens with zero attached hydrogens (tertiary/aromatic N) is 1. The first-order valence-corrected chi connectivity index (χ1v) is 9.11. The summed E-state index contributed by atoms with van der Waals surface area (Å²) in [5.41, 5.74) is 5.78. The molecule has 1 aliphatic heterocycles. The lowest BCUT2D eigenvalue weighted by molar-refractivity contribution is 0.438. The van der Waals surface area contributed by atoms with E-state index in [4.69, 9.17) is 5.73 Å². The molecule has 0 aliphatic carbocycles. The molecule has 1 aromatic rings. The van der Waals surface area contributed by atoms with Crippen molar-refractivity contribution in [1.29, 1.82) is 0 Å². The second-order valence-electron chi connectivity index (χ2n) is 4.25. The van der Waals surface area contributed by atoms with Gasteiger partial charge >= 0.3 is 0 Å². The predicted molar refractivity (Wildman–Crippen MR) is 79.0 cm³/mol. The van der Waals surface area contributed by atoms with Gasteiger partial charge in [0.15, 0.2) is 0 Å². The standard InChI is InChI=1S/C13H16N2O3S2/c14-7-3-5-12-4-1-2-6-13(12)20(17,18)15-8-10-19(16)11-9-15/h1-2,4,6H,7-11,14H2. The first-order chi connectivity index (χ1) is 9.55. The molecule has 2 rings (SSSR count). The van der Waals surface area contributed by atoms with Crippen LogP contribution in [-0.4, -0.2) is 48.1 Å². The summed E-state index contributed by atoms with van der Waals surface area (Å²) in [5, 5.41) is 0. The topological polar surface area (TPSA) is 80.5 Å². The number of benzene rings is 1. The Morgan fingerprint density at radius 2 is 1.90 bits per heavy atom. The first kappa shape index (κ1) is 15.2. The van der Waals surface area contributed by atoms with Crippen LogP contribution in [0, 0.1) is 11.8 Å². The zero-order valence-corrected chi connectivity index (χ0v) is 12.5. The van der Waals surface area contributed by atoms with E-state index in [0.29, 0.717) is 17.1 Å². The van der Waals surface area contributed by atoms with Gasteiger partial charge in [-0.3, -0.25) is 4.21 Å². The molecule has 5 nitrogen and oxygen atoms in total. The van der Waals surface area contributed by atoms with Gasteiger partial charge in [0.05, 0.1) is 11.4 Å². The quantitative estimate of drug-likeness (QED) is 0.764. The molecule has 2 N–H and O–H groups in total. The highest BCUT2D eigenvalue weighted by Crippen LogP contribution is 2.20. The number of rotatable bonds is 2. The third kappa shape index (κ3) is 3.27. The molecule has 0 saturated carbocycles. The van der Waals surface area contributed by atoms with Crippen molar-refractivity contribution in [2.24, 2.45) is 5.73 Å². The third-order valence-electron chi connectivity index (χ3n) is 2.97. The molecular weight excluding hydrogens is 296 g/mol. The maximum atomic E-state index is 12.6. The summed E-state index contributed by atoms with van der Waals surface area (Å²) >= 11 is 0. The normalized spacial score (nSPS) is 17.4. The summed E-state index contributed by atoms with van der Waals surface area (Å²) in [4.78, 5) is 0.189. The molecule has 0 spiro atoms. The van der Waals surface area contributed by atoms with Gasteiger partial charge in [0.2, 0.25) is 10.0 Å². The number of hydrogen-bond acceptors (Lipinski definition) is 4. The van der Waals surface area contributed by atoms with E-state index in [9.17, 15) is 12.6 Å². The Morgan fingerprint density at radius 3 is 2.55 bits per heavy atom. The number of hydrogen-bond donors (Lipinski definition) is 1. The fourth-order valence-corrected chi connectivity index (χ4v) is 4.81. The van der Waals surface area contributed by atoms with Gasteiger partial charge in [-0.2, -0.15) is 4.31 Å². The molecule has 0 aromatic heterocycles. The average molecular weight is 312 g/mol. The second kappa shape index (κ2) is 6.50. The van der Waals surface area contributed by atoms with Gasteiger partial charge in [-0.1, -0.05) is 24.0 Å². The van der Waals surface area contributed by atoms with Crippen molar-refractivity contribution in [1.82, 2.24) is 4.31 Å². The molecule has 1 fully saturated rings. The zero-order chi connectivity index (χ0) is 14.6. The number of nitrogens with two attached hydrogens (primary N) is 1. The summed E-state index contributed by atoms with van der Waals surface area (Å²) in [6, 6.07) is 6.62. The molecule has 20 heavy (non-hydrogen) atoms. The Bertz CT molecular complexity index is 664. The Labute approximate surface area is 121 Å². The summed E-state index contributed by atoms with van der Waals surface area (Å²) in [6.07, 6.45) is 0. The molecule has 1 heterocycles. The SMILES string of the molecule is NCC#Cc1ccccc1S(=O)(=O)N1CCS(=O)CC1. The minimum atomic E-state index is -3.59. The Hall–Kier alpha value is -1.20. The zero-order valence-electron chi connectivity index (χ0n) is 10.9. The van der Waals surface area contributed by atoms with Crippen molar-refractivity contribution in [3.63, 3.8) is 0 Å². The molecule has 0 atom stereocenters. The van der Waals surface area contributed by atoms with Crippen LogP contribution in [0.15, 0.2) is 29.2 Å². The van der Waals surface area contributed by atoms with E-state index in [1.807, 2.05) is 0 Å². The van der Waals surface area contributed by atoms with Gasteiger partial charge in [0.25, 0.3) is 0 Å². The molecule has 0 amide bonds. The van der Waals surface area contributed by atoms with Crippen LogP contribution in [0.4, 0.5) is 0 Å². The van der Waals surface area contributed by atoms with E-state index in [1.165, 1.54) is 4.31 Å². The van der Waals surface area contributed by atoms with Crippen LogP contribution in [0.5, 0.6) is 0 Å². The molecular formula is C13H16N2O3S2. The van der Waals surface area contributed by atoms with Gasteiger partial charge in [-0.05, 0) is 12.1 Å². The fourth-order valence-electron chi connectivity index (χ4n) is 1.94. The van der Waals surface area contributed by atoms with E-state index in [1.54, 1.807) is 24.3 Å². The average Bonchev–Trinajstić information content (AvgIpc) is 2.46. The Kier molecular flexibility index (Phi) is 4.94. The maximum Gasteiger partial charge on any atom is 0.244 e. The van der Waals surface area contributed by atoms with E-state index in [2.05, 4.69) is 11.8 Å². The molecule has 1 aromatic carbocycles.